The first-order valence-electron chi connectivity index (χ1n) is 10.5. The van der Waals surface area contributed by atoms with Crippen LogP contribution in [0.2, 0.25) is 0 Å². The van der Waals surface area contributed by atoms with Gasteiger partial charge in [-0.3, -0.25) is 4.90 Å². The average Bonchev–Trinajstić information content (AvgIpc) is 3.12. The van der Waals surface area contributed by atoms with Crippen LogP contribution in [0.5, 0.6) is 5.75 Å². The summed E-state index contributed by atoms with van der Waals surface area (Å²) in [6.45, 7) is 5.79. The van der Waals surface area contributed by atoms with E-state index in [0.717, 1.165) is 56.8 Å². The molecular formula is C24H28FN3O. The van der Waals surface area contributed by atoms with E-state index < -0.39 is 0 Å². The largest absolute Gasteiger partial charge is 0.497 e. The molecule has 0 unspecified atom stereocenters. The molecule has 4 nitrogen and oxygen atoms in total. The number of aryl methyl sites for hydroxylation is 1. The predicted molar refractivity (Wildman–Crippen MR) is 114 cm³/mol. The van der Waals surface area contributed by atoms with Gasteiger partial charge in [-0.2, -0.15) is 0 Å². The number of fused-ring (bicyclic) bond motifs is 4. The van der Waals surface area contributed by atoms with Gasteiger partial charge < -0.3 is 15.0 Å². The van der Waals surface area contributed by atoms with E-state index in [1.54, 1.807) is 13.2 Å². The van der Waals surface area contributed by atoms with Gasteiger partial charge >= 0.3 is 0 Å². The van der Waals surface area contributed by atoms with Gasteiger partial charge in [-0.05, 0) is 67.1 Å². The van der Waals surface area contributed by atoms with E-state index in [4.69, 9.17) is 4.74 Å². The molecule has 2 N–H and O–H groups in total. The first-order valence-corrected chi connectivity index (χ1v) is 10.5. The van der Waals surface area contributed by atoms with Crippen molar-refractivity contribution in [1.82, 2.24) is 15.2 Å². The molecular weight excluding hydrogens is 365 g/mol. The van der Waals surface area contributed by atoms with Crippen molar-refractivity contribution < 1.29 is 9.13 Å². The minimum Gasteiger partial charge on any atom is -0.497 e. The Morgan fingerprint density at radius 3 is 2.72 bits per heavy atom. The van der Waals surface area contributed by atoms with Gasteiger partial charge in [0, 0.05) is 42.8 Å². The van der Waals surface area contributed by atoms with Crippen LogP contribution in [0.4, 0.5) is 4.39 Å². The molecule has 0 atom stereocenters. The number of nitrogens with zero attached hydrogens (tertiary/aromatic N) is 1. The average molecular weight is 394 g/mol. The highest BCUT2D eigenvalue weighted by Crippen LogP contribution is 2.41. The summed E-state index contributed by atoms with van der Waals surface area (Å²) < 4.78 is 19.0. The Balaban J connectivity index is 1.38. The van der Waals surface area contributed by atoms with Gasteiger partial charge in [0.1, 0.15) is 11.6 Å². The molecule has 1 fully saturated rings. The minimum atomic E-state index is -0.124. The lowest BCUT2D eigenvalue weighted by atomic mass is 9.79. The molecule has 152 valence electrons. The molecule has 1 saturated heterocycles. The summed E-state index contributed by atoms with van der Waals surface area (Å²) in [6, 6.07) is 11.8. The summed E-state index contributed by atoms with van der Waals surface area (Å²) in [7, 11) is 1.72. The number of halogens is 1. The summed E-state index contributed by atoms with van der Waals surface area (Å²) >= 11 is 0. The van der Waals surface area contributed by atoms with Crippen LogP contribution in [0, 0.1) is 12.7 Å². The van der Waals surface area contributed by atoms with Crippen molar-refractivity contribution in [3.8, 4) is 5.75 Å². The number of likely N-dealkylation sites (tertiary alicyclic amines) is 1. The van der Waals surface area contributed by atoms with Crippen LogP contribution in [0.25, 0.3) is 10.9 Å². The fourth-order valence-corrected chi connectivity index (χ4v) is 5.12. The predicted octanol–water partition coefficient (Wildman–Crippen LogP) is 4.26. The number of hydrogen-bond donors (Lipinski definition) is 2. The number of ether oxygens (including phenoxy) is 1. The van der Waals surface area contributed by atoms with Crippen molar-refractivity contribution in [3.05, 3.63) is 64.6 Å². The van der Waals surface area contributed by atoms with E-state index in [-0.39, 0.29) is 11.4 Å². The zero-order chi connectivity index (χ0) is 20.0. The molecule has 29 heavy (non-hydrogen) atoms. The zero-order valence-corrected chi connectivity index (χ0v) is 17.1. The number of nitrogens with one attached hydrogen (secondary N) is 2. The molecule has 5 rings (SSSR count). The van der Waals surface area contributed by atoms with Crippen molar-refractivity contribution in [2.75, 3.05) is 26.7 Å². The van der Waals surface area contributed by atoms with E-state index in [1.807, 2.05) is 25.1 Å². The molecule has 2 aliphatic rings. The normalized spacial score (nSPS) is 18.9. The van der Waals surface area contributed by atoms with E-state index in [9.17, 15) is 4.39 Å². The van der Waals surface area contributed by atoms with Gasteiger partial charge in [0.15, 0.2) is 0 Å². The Labute approximate surface area is 171 Å². The number of hydrogen-bond acceptors (Lipinski definition) is 3. The standard InChI is InChI=1S/C24H28FN3O/c1-16-13-17(3-5-21(16)25)15-28-11-8-24(9-12-28)23-19(7-10-26-24)20-14-18(29-2)4-6-22(20)27-23/h3-6,13-14,26-27H,7-12,15H2,1-2H3. The monoisotopic (exact) mass is 393 g/mol. The Kier molecular flexibility index (Phi) is 4.60. The van der Waals surface area contributed by atoms with Crippen molar-refractivity contribution in [1.29, 1.82) is 0 Å². The van der Waals surface area contributed by atoms with Crippen LogP contribution in [0.1, 0.15) is 35.2 Å². The van der Waals surface area contributed by atoms with Crippen LogP contribution in [-0.4, -0.2) is 36.6 Å². The molecule has 0 saturated carbocycles. The van der Waals surface area contributed by atoms with Crippen LogP contribution in [0.15, 0.2) is 36.4 Å². The van der Waals surface area contributed by atoms with E-state index in [2.05, 4.69) is 27.3 Å². The second-order valence-corrected chi connectivity index (χ2v) is 8.51. The maximum Gasteiger partial charge on any atom is 0.126 e. The fraction of sp³-hybridized carbons (Fsp3) is 0.417. The quantitative estimate of drug-likeness (QED) is 0.699. The van der Waals surface area contributed by atoms with Gasteiger partial charge in [-0.15, -0.1) is 0 Å². The summed E-state index contributed by atoms with van der Waals surface area (Å²) in [5.41, 5.74) is 5.94. The van der Waals surface area contributed by atoms with E-state index in [0.29, 0.717) is 0 Å². The van der Waals surface area contributed by atoms with Crippen molar-refractivity contribution >= 4 is 10.9 Å². The highest BCUT2D eigenvalue weighted by Gasteiger charge is 2.41. The second-order valence-electron chi connectivity index (χ2n) is 8.51. The Morgan fingerprint density at radius 1 is 1.14 bits per heavy atom. The molecule has 0 radical (unpaired) electrons. The third kappa shape index (κ3) is 3.22. The van der Waals surface area contributed by atoms with Gasteiger partial charge in [0.2, 0.25) is 0 Å². The molecule has 3 heterocycles. The lowest BCUT2D eigenvalue weighted by Gasteiger charge is -2.45. The molecule has 5 heteroatoms. The lowest BCUT2D eigenvalue weighted by Crippen LogP contribution is -2.54. The minimum absolute atomic E-state index is 0.0229. The summed E-state index contributed by atoms with van der Waals surface area (Å²) in [5, 5.41) is 5.14. The number of aromatic nitrogens is 1. The fourth-order valence-electron chi connectivity index (χ4n) is 5.12. The highest BCUT2D eigenvalue weighted by atomic mass is 19.1. The maximum absolute atomic E-state index is 13.6. The van der Waals surface area contributed by atoms with Gasteiger partial charge in [-0.25, -0.2) is 4.39 Å². The van der Waals surface area contributed by atoms with Crippen molar-refractivity contribution in [3.63, 3.8) is 0 Å². The number of H-pyrrole nitrogens is 1. The summed E-state index contributed by atoms with van der Waals surface area (Å²) in [5.74, 6) is 0.789. The molecule has 0 amide bonds. The van der Waals surface area contributed by atoms with Crippen LogP contribution < -0.4 is 10.1 Å². The summed E-state index contributed by atoms with van der Waals surface area (Å²) in [4.78, 5) is 6.21. The molecule has 0 aliphatic carbocycles. The third-order valence-corrected chi connectivity index (χ3v) is 6.77. The molecule has 1 spiro atoms. The molecule has 1 aromatic heterocycles. The molecule has 3 aromatic rings. The van der Waals surface area contributed by atoms with Crippen LogP contribution >= 0.6 is 0 Å². The topological polar surface area (TPSA) is 40.3 Å². The van der Waals surface area contributed by atoms with Gasteiger partial charge in [-0.1, -0.05) is 12.1 Å². The number of benzene rings is 2. The zero-order valence-electron chi connectivity index (χ0n) is 17.1. The lowest BCUT2D eigenvalue weighted by molar-refractivity contribution is 0.121. The molecule has 2 aliphatic heterocycles. The SMILES string of the molecule is COc1ccc2[nH]c3c(c2c1)CCNC31CCN(Cc2ccc(F)c(C)c2)CC1. The molecule has 2 aromatic carbocycles. The number of rotatable bonds is 3. The number of piperidine rings is 1. The maximum atomic E-state index is 13.6. The van der Waals surface area contributed by atoms with Gasteiger partial charge in [0.25, 0.3) is 0 Å². The van der Waals surface area contributed by atoms with Gasteiger partial charge in [0.05, 0.1) is 12.6 Å². The summed E-state index contributed by atoms with van der Waals surface area (Å²) in [6.07, 6.45) is 3.19. The third-order valence-electron chi connectivity index (χ3n) is 6.77. The van der Waals surface area contributed by atoms with Crippen molar-refractivity contribution in [2.24, 2.45) is 0 Å². The van der Waals surface area contributed by atoms with Crippen LogP contribution in [0.3, 0.4) is 0 Å². The number of aromatic amines is 1. The number of methoxy groups -OCH3 is 1. The van der Waals surface area contributed by atoms with E-state index in [1.165, 1.54) is 27.7 Å². The Hall–Kier alpha value is -2.37. The van der Waals surface area contributed by atoms with Crippen LogP contribution in [-0.2, 0) is 18.5 Å². The highest BCUT2D eigenvalue weighted by molar-refractivity contribution is 5.86. The molecule has 0 bridgehead atoms. The van der Waals surface area contributed by atoms with E-state index >= 15 is 0 Å². The Bertz CT molecular complexity index is 1050. The smallest absolute Gasteiger partial charge is 0.126 e. The Morgan fingerprint density at radius 2 is 1.97 bits per heavy atom. The first-order chi connectivity index (χ1) is 14.1. The second kappa shape index (κ2) is 7.15. The first kappa shape index (κ1) is 18.6. The van der Waals surface area contributed by atoms with Crippen molar-refractivity contribution in [2.45, 2.75) is 38.3 Å².